The third-order valence-corrected chi connectivity index (χ3v) is 3.48. The van der Waals surface area contributed by atoms with E-state index in [9.17, 15) is 0 Å². The number of aromatic amines is 1. The highest BCUT2D eigenvalue weighted by molar-refractivity contribution is 7.71. The highest BCUT2D eigenvalue weighted by atomic mass is 32.1. The molecule has 0 saturated carbocycles. The smallest absolute Gasteiger partial charge is 0.111 e. The summed E-state index contributed by atoms with van der Waals surface area (Å²) in [5.74, 6) is 0. The van der Waals surface area contributed by atoms with Crippen LogP contribution in [0.15, 0.2) is 43.6 Å². The fourth-order valence-corrected chi connectivity index (χ4v) is 2.45. The van der Waals surface area contributed by atoms with Crippen LogP contribution < -0.4 is 11.1 Å². The third kappa shape index (κ3) is 2.38. The van der Waals surface area contributed by atoms with Crippen molar-refractivity contribution < 1.29 is 0 Å². The van der Waals surface area contributed by atoms with Crippen LogP contribution >= 0.6 is 12.2 Å². The molecule has 4 heteroatoms. The first kappa shape index (κ1) is 14.1. The van der Waals surface area contributed by atoms with E-state index >= 15 is 0 Å². The van der Waals surface area contributed by atoms with Crippen LogP contribution in [-0.4, -0.2) is 12.0 Å². The minimum atomic E-state index is 0.486. The van der Waals surface area contributed by atoms with Gasteiger partial charge in [-0.1, -0.05) is 49.7 Å². The van der Waals surface area contributed by atoms with E-state index in [0.29, 0.717) is 10.3 Å². The number of H-pyrrole nitrogens is 1. The van der Waals surface area contributed by atoms with Crippen molar-refractivity contribution >= 4 is 29.7 Å². The van der Waals surface area contributed by atoms with Crippen molar-refractivity contribution in [3.63, 3.8) is 0 Å². The highest BCUT2D eigenvalue weighted by Gasteiger charge is 2.14. The van der Waals surface area contributed by atoms with E-state index in [-0.39, 0.29) is 0 Å². The summed E-state index contributed by atoms with van der Waals surface area (Å²) in [5, 5.41) is 3.18. The van der Waals surface area contributed by atoms with E-state index in [0.717, 1.165) is 27.9 Å². The van der Waals surface area contributed by atoms with E-state index in [4.69, 9.17) is 18.0 Å². The fourth-order valence-electron chi connectivity index (χ4n) is 2.20. The lowest BCUT2D eigenvalue weighted by Gasteiger charge is -2.16. The lowest BCUT2D eigenvalue weighted by molar-refractivity contribution is 1.26. The van der Waals surface area contributed by atoms with Crippen LogP contribution in [0.5, 0.6) is 0 Å². The molecule has 0 bridgehead atoms. The van der Waals surface area contributed by atoms with Gasteiger partial charge in [-0.05, 0) is 6.07 Å². The Morgan fingerprint density at radius 3 is 2.70 bits per heavy atom. The number of hydrogen-bond acceptors (Lipinski definition) is 3. The number of anilines is 1. The maximum absolute atomic E-state index is 5.91. The van der Waals surface area contributed by atoms with Crippen molar-refractivity contribution in [1.29, 1.82) is 0 Å². The quantitative estimate of drug-likeness (QED) is 0.743. The maximum Gasteiger partial charge on any atom is 0.111 e. The Morgan fingerprint density at radius 2 is 2.10 bits per heavy atom. The number of benzene rings is 1. The first-order valence-corrected chi connectivity index (χ1v) is 6.61. The van der Waals surface area contributed by atoms with Gasteiger partial charge in [0.15, 0.2) is 0 Å². The van der Waals surface area contributed by atoms with Crippen LogP contribution in [-0.2, 0) is 0 Å². The van der Waals surface area contributed by atoms with Gasteiger partial charge < -0.3 is 16.0 Å². The molecule has 4 N–H and O–H groups in total. The second kappa shape index (κ2) is 5.75. The second-order valence-electron chi connectivity index (χ2n) is 4.35. The summed E-state index contributed by atoms with van der Waals surface area (Å²) in [6.07, 6.45) is 3.53. The van der Waals surface area contributed by atoms with Gasteiger partial charge in [0.2, 0.25) is 0 Å². The molecule has 1 aromatic heterocycles. The molecule has 0 aliphatic carbocycles. The number of para-hydroxylation sites is 1. The van der Waals surface area contributed by atoms with Crippen molar-refractivity contribution in [3.05, 3.63) is 59.4 Å². The molecule has 0 radical (unpaired) electrons. The molecule has 20 heavy (non-hydrogen) atoms. The average Bonchev–Trinajstić information content (AvgIpc) is 2.46. The van der Waals surface area contributed by atoms with Crippen LogP contribution in [0.4, 0.5) is 5.69 Å². The summed E-state index contributed by atoms with van der Waals surface area (Å²) in [5.41, 5.74) is 11.0. The van der Waals surface area contributed by atoms with Gasteiger partial charge in [0.1, 0.15) is 4.64 Å². The van der Waals surface area contributed by atoms with E-state index in [2.05, 4.69) is 23.5 Å². The van der Waals surface area contributed by atoms with Gasteiger partial charge in [-0.2, -0.15) is 0 Å². The molecule has 102 valence electrons. The second-order valence-corrected chi connectivity index (χ2v) is 4.75. The molecule has 2 rings (SSSR count). The number of nitrogens with one attached hydrogen (secondary N) is 2. The molecule has 0 spiro atoms. The molecule has 0 amide bonds. The summed E-state index contributed by atoms with van der Waals surface area (Å²) < 4.78 is 0.630. The molecule has 0 atom stereocenters. The van der Waals surface area contributed by atoms with Gasteiger partial charge in [-0.15, -0.1) is 0 Å². The molecule has 3 nitrogen and oxygen atoms in total. The Labute approximate surface area is 123 Å². The first-order chi connectivity index (χ1) is 9.60. The zero-order valence-electron chi connectivity index (χ0n) is 11.4. The molecular formula is C16H17N3S. The normalized spacial score (nSPS) is 10.1. The molecule has 0 fully saturated rings. The Kier molecular flexibility index (Phi) is 4.05. The molecule has 1 heterocycles. The zero-order chi connectivity index (χ0) is 14.7. The Hall–Kier alpha value is -2.33. The molecular weight excluding hydrogens is 266 g/mol. The maximum atomic E-state index is 5.91. The van der Waals surface area contributed by atoms with Crippen molar-refractivity contribution in [1.82, 2.24) is 4.98 Å². The average molecular weight is 283 g/mol. The minimum absolute atomic E-state index is 0.486. The van der Waals surface area contributed by atoms with Gasteiger partial charge in [0, 0.05) is 46.9 Å². The molecule has 0 unspecified atom stereocenters. The predicted octanol–water partition coefficient (Wildman–Crippen LogP) is 4.03. The molecule has 2 aromatic rings. The molecule has 0 aliphatic rings. The molecule has 1 aromatic carbocycles. The molecule has 0 aliphatic heterocycles. The van der Waals surface area contributed by atoms with Crippen LogP contribution in [0.25, 0.3) is 22.9 Å². The third-order valence-electron chi connectivity index (χ3n) is 3.15. The summed E-state index contributed by atoms with van der Waals surface area (Å²) in [6.45, 7) is 7.70. The molecule has 0 saturated heterocycles. The number of nitrogens with two attached hydrogens (primary N) is 1. The highest BCUT2D eigenvalue weighted by Crippen LogP contribution is 2.35. The summed E-state index contributed by atoms with van der Waals surface area (Å²) in [4.78, 5) is 3.03. The van der Waals surface area contributed by atoms with Gasteiger partial charge in [-0.3, -0.25) is 0 Å². The topological polar surface area (TPSA) is 53.8 Å². The lowest BCUT2D eigenvalue weighted by Crippen LogP contribution is -2.02. The number of pyridine rings is 1. The van der Waals surface area contributed by atoms with Crippen molar-refractivity contribution in [3.8, 4) is 11.1 Å². The van der Waals surface area contributed by atoms with Crippen LogP contribution in [0.3, 0.4) is 0 Å². The standard InChI is InChI=1S/C16H17N3S/c1-4-11-15(12-7-5-6-8-14(12)18-3)13(10(2)17)9-19-16(11)20/h4-9,18H,1-2,17H2,3H3,(H,19,20). The van der Waals surface area contributed by atoms with Crippen molar-refractivity contribution in [2.24, 2.45) is 5.73 Å². The minimum Gasteiger partial charge on any atom is -0.399 e. The van der Waals surface area contributed by atoms with Gasteiger partial charge in [0.25, 0.3) is 0 Å². The van der Waals surface area contributed by atoms with Crippen molar-refractivity contribution in [2.45, 2.75) is 0 Å². The fraction of sp³-hybridized carbons (Fsp3) is 0.0625. The Bertz CT molecular complexity index is 729. The summed E-state index contributed by atoms with van der Waals surface area (Å²) >= 11 is 5.35. The monoisotopic (exact) mass is 283 g/mol. The van der Waals surface area contributed by atoms with E-state index in [1.165, 1.54) is 0 Å². The SMILES string of the molecule is C=Cc1c(-c2ccccc2NC)c(C(=C)N)c[nH]c1=S. The van der Waals surface area contributed by atoms with E-state index in [1.54, 1.807) is 12.3 Å². The van der Waals surface area contributed by atoms with E-state index in [1.807, 2.05) is 31.3 Å². The Balaban J connectivity index is 2.90. The van der Waals surface area contributed by atoms with Gasteiger partial charge in [-0.25, -0.2) is 0 Å². The number of hydrogen-bond donors (Lipinski definition) is 3. The summed E-state index contributed by atoms with van der Waals surface area (Å²) in [7, 11) is 1.88. The lowest BCUT2D eigenvalue weighted by atomic mass is 9.94. The van der Waals surface area contributed by atoms with Gasteiger partial charge in [0.05, 0.1) is 0 Å². The van der Waals surface area contributed by atoms with E-state index < -0.39 is 0 Å². The van der Waals surface area contributed by atoms with Gasteiger partial charge >= 0.3 is 0 Å². The number of rotatable bonds is 4. The number of aromatic nitrogens is 1. The Morgan fingerprint density at radius 1 is 1.40 bits per heavy atom. The van der Waals surface area contributed by atoms with Crippen molar-refractivity contribution in [2.75, 3.05) is 12.4 Å². The predicted molar refractivity (Wildman–Crippen MR) is 89.9 cm³/mol. The zero-order valence-corrected chi connectivity index (χ0v) is 12.2. The van der Waals surface area contributed by atoms with Crippen LogP contribution in [0, 0.1) is 4.64 Å². The summed E-state index contributed by atoms with van der Waals surface area (Å²) in [6, 6.07) is 7.98. The first-order valence-electron chi connectivity index (χ1n) is 6.20. The van der Waals surface area contributed by atoms with Crippen LogP contribution in [0.2, 0.25) is 0 Å². The largest absolute Gasteiger partial charge is 0.399 e. The van der Waals surface area contributed by atoms with Crippen LogP contribution in [0.1, 0.15) is 11.1 Å².